The molecule has 1 aromatic carbocycles. The number of hydrogen-bond acceptors (Lipinski definition) is 3. The fraction of sp³-hybridized carbons (Fsp3) is 0.625. The molecule has 112 valence electrons. The van der Waals surface area contributed by atoms with Crippen LogP contribution in [0.15, 0.2) is 24.3 Å². The van der Waals surface area contributed by atoms with E-state index in [2.05, 4.69) is 37.8 Å². The lowest BCUT2D eigenvalue weighted by molar-refractivity contribution is 0.244. The third-order valence-corrected chi connectivity index (χ3v) is 5.95. The van der Waals surface area contributed by atoms with Crippen molar-refractivity contribution in [2.24, 2.45) is 0 Å². The van der Waals surface area contributed by atoms with Gasteiger partial charge in [-0.05, 0) is 37.5 Å². The van der Waals surface area contributed by atoms with Gasteiger partial charge in [0.25, 0.3) is 0 Å². The maximum atomic E-state index is 12.0. The van der Waals surface area contributed by atoms with Crippen molar-refractivity contribution >= 4 is 10.8 Å². The molecule has 0 N–H and O–H groups in total. The molecule has 20 heavy (non-hydrogen) atoms. The van der Waals surface area contributed by atoms with Crippen molar-refractivity contribution in [3.63, 3.8) is 0 Å². The average Bonchev–Trinajstić information content (AvgIpc) is 2.42. The molecule has 1 fully saturated rings. The molecule has 3 nitrogen and oxygen atoms in total. The molecule has 0 aromatic heterocycles. The highest BCUT2D eigenvalue weighted by Gasteiger charge is 2.33. The van der Waals surface area contributed by atoms with Gasteiger partial charge in [0, 0.05) is 36.2 Å². The molecule has 2 atom stereocenters. The Balaban J connectivity index is 1.97. The van der Waals surface area contributed by atoms with E-state index in [1.54, 1.807) is 7.11 Å². The maximum Gasteiger partial charge on any atom is 0.118 e. The molecular weight excluding hydrogens is 270 g/mol. The second-order valence-corrected chi connectivity index (χ2v) is 8.42. The predicted molar refractivity (Wildman–Crippen MR) is 84.9 cm³/mol. The smallest absolute Gasteiger partial charge is 0.118 e. The molecule has 1 aromatic rings. The predicted octanol–water partition coefficient (Wildman–Crippen LogP) is 2.64. The van der Waals surface area contributed by atoms with Gasteiger partial charge in [0.15, 0.2) is 0 Å². The van der Waals surface area contributed by atoms with E-state index in [9.17, 15) is 4.21 Å². The van der Waals surface area contributed by atoms with Gasteiger partial charge in [-0.15, -0.1) is 0 Å². The van der Waals surface area contributed by atoms with Gasteiger partial charge in [-0.3, -0.25) is 4.21 Å². The first kappa shape index (κ1) is 15.5. The minimum atomic E-state index is -0.693. The number of benzene rings is 1. The molecule has 1 heterocycles. The first-order chi connectivity index (χ1) is 9.42. The summed E-state index contributed by atoms with van der Waals surface area (Å²) in [5.41, 5.74) is 1.33. The fourth-order valence-corrected chi connectivity index (χ4v) is 4.06. The highest BCUT2D eigenvalue weighted by atomic mass is 32.2. The first-order valence-corrected chi connectivity index (χ1v) is 8.49. The van der Waals surface area contributed by atoms with Gasteiger partial charge in [-0.1, -0.05) is 19.1 Å². The molecule has 2 rings (SSSR count). The van der Waals surface area contributed by atoms with Gasteiger partial charge in [0.1, 0.15) is 5.75 Å². The Hall–Kier alpha value is -0.870. The van der Waals surface area contributed by atoms with Crippen LogP contribution in [0.3, 0.4) is 0 Å². The molecule has 0 saturated carbocycles. The van der Waals surface area contributed by atoms with Crippen molar-refractivity contribution in [3.05, 3.63) is 29.8 Å². The van der Waals surface area contributed by atoms with E-state index < -0.39 is 10.8 Å². The summed E-state index contributed by atoms with van der Waals surface area (Å²) in [4.78, 5) is 2.44. The van der Waals surface area contributed by atoms with Crippen molar-refractivity contribution in [2.45, 2.75) is 31.4 Å². The van der Waals surface area contributed by atoms with Crippen molar-refractivity contribution < 1.29 is 8.95 Å². The standard InChI is InChI=1S/C16H25NO2S/c1-13(14-5-7-15(19-4)8-6-14)11-17-9-10-20(18)16(2,3)12-17/h5-8,13H,9-12H2,1-4H3. The quantitative estimate of drug-likeness (QED) is 0.855. The highest BCUT2D eigenvalue weighted by Crippen LogP contribution is 2.24. The van der Waals surface area contributed by atoms with Crippen LogP contribution in [0.25, 0.3) is 0 Å². The number of ether oxygens (including phenoxy) is 1. The van der Waals surface area contributed by atoms with E-state index in [-0.39, 0.29) is 4.75 Å². The molecule has 1 saturated heterocycles. The average molecular weight is 295 g/mol. The van der Waals surface area contributed by atoms with E-state index in [0.717, 1.165) is 31.1 Å². The monoisotopic (exact) mass is 295 g/mol. The largest absolute Gasteiger partial charge is 0.497 e. The molecule has 0 radical (unpaired) electrons. The molecule has 1 aliphatic heterocycles. The van der Waals surface area contributed by atoms with E-state index in [0.29, 0.717) is 5.92 Å². The van der Waals surface area contributed by atoms with Gasteiger partial charge < -0.3 is 9.64 Å². The Bertz CT molecular complexity index is 470. The van der Waals surface area contributed by atoms with Crippen LogP contribution in [-0.2, 0) is 10.8 Å². The SMILES string of the molecule is COc1ccc(C(C)CN2CCS(=O)C(C)(C)C2)cc1. The summed E-state index contributed by atoms with van der Waals surface area (Å²) in [7, 11) is 0.996. The first-order valence-electron chi connectivity index (χ1n) is 7.17. The summed E-state index contributed by atoms with van der Waals surface area (Å²) in [6, 6.07) is 8.30. The van der Waals surface area contributed by atoms with Crippen LogP contribution in [0.5, 0.6) is 5.75 Å². The molecule has 4 heteroatoms. The zero-order valence-electron chi connectivity index (χ0n) is 12.9. The zero-order chi connectivity index (χ0) is 14.8. The topological polar surface area (TPSA) is 29.5 Å². The normalized spacial score (nSPS) is 24.3. The van der Waals surface area contributed by atoms with Crippen LogP contribution in [0.2, 0.25) is 0 Å². The Kier molecular flexibility index (Phi) is 4.86. The maximum absolute atomic E-state index is 12.0. The summed E-state index contributed by atoms with van der Waals surface area (Å²) in [5.74, 6) is 2.17. The van der Waals surface area contributed by atoms with E-state index >= 15 is 0 Å². The van der Waals surface area contributed by atoms with Crippen LogP contribution in [-0.4, -0.2) is 46.4 Å². The Morgan fingerprint density at radius 2 is 2.00 bits per heavy atom. The Morgan fingerprint density at radius 1 is 1.35 bits per heavy atom. The van der Waals surface area contributed by atoms with Crippen LogP contribution in [0.1, 0.15) is 32.3 Å². The van der Waals surface area contributed by atoms with Gasteiger partial charge in [0.2, 0.25) is 0 Å². The van der Waals surface area contributed by atoms with Crippen LogP contribution >= 0.6 is 0 Å². The number of rotatable bonds is 4. The Labute approximate surface area is 124 Å². The second kappa shape index (κ2) is 6.27. The number of nitrogens with zero attached hydrogens (tertiary/aromatic N) is 1. The zero-order valence-corrected chi connectivity index (χ0v) is 13.7. The van der Waals surface area contributed by atoms with Gasteiger partial charge in [0.05, 0.1) is 11.9 Å². The highest BCUT2D eigenvalue weighted by molar-refractivity contribution is 7.86. The summed E-state index contributed by atoms with van der Waals surface area (Å²) in [6.07, 6.45) is 0. The summed E-state index contributed by atoms with van der Waals surface area (Å²) in [6.45, 7) is 9.34. The summed E-state index contributed by atoms with van der Waals surface area (Å²) >= 11 is 0. The van der Waals surface area contributed by atoms with Crippen LogP contribution in [0.4, 0.5) is 0 Å². The number of methoxy groups -OCH3 is 1. The number of hydrogen-bond donors (Lipinski definition) is 0. The fourth-order valence-electron chi connectivity index (χ4n) is 2.76. The lowest BCUT2D eigenvalue weighted by Gasteiger charge is -2.38. The summed E-state index contributed by atoms with van der Waals surface area (Å²) in [5, 5.41) is 0. The molecule has 2 unspecified atom stereocenters. The lowest BCUT2D eigenvalue weighted by atomic mass is 10.00. The minimum absolute atomic E-state index is 0.0854. The van der Waals surface area contributed by atoms with Gasteiger partial charge >= 0.3 is 0 Å². The molecule has 0 aliphatic carbocycles. The van der Waals surface area contributed by atoms with Gasteiger partial charge in [-0.25, -0.2) is 0 Å². The van der Waals surface area contributed by atoms with Crippen LogP contribution < -0.4 is 4.74 Å². The Morgan fingerprint density at radius 3 is 2.55 bits per heavy atom. The third kappa shape index (κ3) is 3.61. The molecular formula is C16H25NO2S. The third-order valence-electron chi connectivity index (χ3n) is 4.03. The molecule has 0 bridgehead atoms. The van der Waals surface area contributed by atoms with Crippen LogP contribution in [0, 0.1) is 0 Å². The minimum Gasteiger partial charge on any atom is -0.497 e. The summed E-state index contributed by atoms with van der Waals surface area (Å²) < 4.78 is 17.1. The van der Waals surface area contributed by atoms with Crippen molar-refractivity contribution in [1.82, 2.24) is 4.90 Å². The van der Waals surface area contributed by atoms with Crippen molar-refractivity contribution in [2.75, 3.05) is 32.5 Å². The van der Waals surface area contributed by atoms with E-state index in [4.69, 9.17) is 4.74 Å². The van der Waals surface area contributed by atoms with Gasteiger partial charge in [-0.2, -0.15) is 0 Å². The van der Waals surface area contributed by atoms with Crippen molar-refractivity contribution in [3.8, 4) is 5.75 Å². The molecule has 1 aliphatic rings. The van der Waals surface area contributed by atoms with E-state index in [1.165, 1.54) is 5.56 Å². The lowest BCUT2D eigenvalue weighted by Crippen LogP contribution is -2.50. The molecule has 0 spiro atoms. The second-order valence-electron chi connectivity index (χ2n) is 6.22. The molecule has 0 amide bonds. The van der Waals surface area contributed by atoms with Crippen molar-refractivity contribution in [1.29, 1.82) is 0 Å². The van der Waals surface area contributed by atoms with E-state index in [1.807, 2.05) is 12.1 Å².